The molecule has 2 rings (SSSR count). The lowest BCUT2D eigenvalue weighted by Crippen LogP contribution is -2.28. The van der Waals surface area contributed by atoms with Gasteiger partial charge in [-0.1, -0.05) is 29.8 Å². The van der Waals surface area contributed by atoms with E-state index in [0.29, 0.717) is 17.0 Å². The number of methoxy groups -OCH3 is 2. The number of carbonyl (C=O) groups is 2. The molecule has 0 spiro atoms. The van der Waals surface area contributed by atoms with Crippen molar-refractivity contribution in [3.63, 3.8) is 0 Å². The summed E-state index contributed by atoms with van der Waals surface area (Å²) in [7, 11) is 2.53. The Hall–Kier alpha value is -2.01. The van der Waals surface area contributed by atoms with E-state index in [9.17, 15) is 14.7 Å². The summed E-state index contributed by atoms with van der Waals surface area (Å²) in [5.74, 6) is -2.24. The zero-order valence-electron chi connectivity index (χ0n) is 12.3. The molecular weight excluding hydrogens is 308 g/mol. The largest absolute Gasteiger partial charge is 0.511 e. The van der Waals surface area contributed by atoms with Gasteiger partial charge in [-0.25, -0.2) is 4.79 Å². The fourth-order valence-corrected chi connectivity index (χ4v) is 3.00. The zero-order chi connectivity index (χ0) is 16.3. The molecule has 0 aliphatic heterocycles. The second-order valence-corrected chi connectivity index (χ2v) is 5.50. The smallest absolute Gasteiger partial charge is 0.337 e. The van der Waals surface area contributed by atoms with Crippen LogP contribution in [0.3, 0.4) is 0 Å². The Morgan fingerprint density at radius 1 is 1.23 bits per heavy atom. The number of halogens is 1. The molecule has 1 aromatic rings. The number of allylic oxidation sites excluding steroid dienone is 1. The van der Waals surface area contributed by atoms with Gasteiger partial charge in [-0.05, 0) is 24.5 Å². The maximum atomic E-state index is 11.9. The molecule has 1 aliphatic carbocycles. The molecular formula is C16H17ClO5. The molecule has 0 bridgehead atoms. The maximum absolute atomic E-state index is 11.9. The first-order valence-electron chi connectivity index (χ1n) is 6.82. The Balaban J connectivity index is 2.48. The van der Waals surface area contributed by atoms with E-state index < -0.39 is 23.8 Å². The highest BCUT2D eigenvalue weighted by Crippen LogP contribution is 2.42. The van der Waals surface area contributed by atoms with Gasteiger partial charge in [-0.15, -0.1) is 0 Å². The summed E-state index contributed by atoms with van der Waals surface area (Å²) in [6, 6.07) is 7.02. The van der Waals surface area contributed by atoms with Crippen molar-refractivity contribution in [3.8, 4) is 0 Å². The van der Waals surface area contributed by atoms with Crippen LogP contribution in [0.4, 0.5) is 0 Å². The Labute approximate surface area is 133 Å². The van der Waals surface area contributed by atoms with Crippen molar-refractivity contribution in [2.45, 2.75) is 18.8 Å². The quantitative estimate of drug-likeness (QED) is 0.865. The third-order valence-corrected chi connectivity index (χ3v) is 4.20. The van der Waals surface area contributed by atoms with Crippen molar-refractivity contribution in [2.75, 3.05) is 14.2 Å². The number of esters is 2. The predicted octanol–water partition coefficient (Wildman–Crippen LogP) is 2.99. The molecule has 0 radical (unpaired) electrons. The summed E-state index contributed by atoms with van der Waals surface area (Å²) in [6.45, 7) is 0. The van der Waals surface area contributed by atoms with Gasteiger partial charge in [-0.2, -0.15) is 0 Å². The van der Waals surface area contributed by atoms with E-state index in [1.807, 2.05) is 0 Å². The van der Waals surface area contributed by atoms with Crippen LogP contribution in [0.2, 0.25) is 5.02 Å². The van der Waals surface area contributed by atoms with Crippen LogP contribution in [0.15, 0.2) is 35.6 Å². The highest BCUT2D eigenvalue weighted by molar-refractivity contribution is 6.31. The molecule has 118 valence electrons. The van der Waals surface area contributed by atoms with Crippen LogP contribution >= 0.6 is 11.6 Å². The van der Waals surface area contributed by atoms with Crippen molar-refractivity contribution in [1.29, 1.82) is 0 Å². The lowest BCUT2D eigenvalue weighted by Gasteiger charge is -2.29. The normalized spacial score (nSPS) is 21.4. The van der Waals surface area contributed by atoms with Crippen LogP contribution in [0.25, 0.3) is 0 Å². The lowest BCUT2D eigenvalue weighted by molar-refractivity contribution is -0.146. The number of rotatable bonds is 3. The van der Waals surface area contributed by atoms with Gasteiger partial charge < -0.3 is 14.6 Å². The molecule has 2 unspecified atom stereocenters. The number of carbonyl (C=O) groups excluding carboxylic acids is 2. The van der Waals surface area contributed by atoms with Crippen molar-refractivity contribution >= 4 is 23.5 Å². The molecule has 0 saturated carbocycles. The van der Waals surface area contributed by atoms with Gasteiger partial charge >= 0.3 is 11.9 Å². The van der Waals surface area contributed by atoms with Gasteiger partial charge in [0.1, 0.15) is 5.76 Å². The van der Waals surface area contributed by atoms with E-state index in [1.165, 1.54) is 14.2 Å². The van der Waals surface area contributed by atoms with Crippen LogP contribution in [-0.2, 0) is 19.1 Å². The van der Waals surface area contributed by atoms with E-state index in [-0.39, 0.29) is 17.8 Å². The van der Waals surface area contributed by atoms with Gasteiger partial charge in [0, 0.05) is 10.9 Å². The van der Waals surface area contributed by atoms with E-state index >= 15 is 0 Å². The molecule has 0 heterocycles. The Morgan fingerprint density at radius 3 is 2.50 bits per heavy atom. The van der Waals surface area contributed by atoms with Gasteiger partial charge in [0.15, 0.2) is 0 Å². The summed E-state index contributed by atoms with van der Waals surface area (Å²) in [5.41, 5.74) is 0.755. The topological polar surface area (TPSA) is 72.8 Å². The van der Waals surface area contributed by atoms with E-state index in [1.54, 1.807) is 24.3 Å². The molecule has 0 saturated heterocycles. The highest BCUT2D eigenvalue weighted by atomic mass is 35.5. The standard InChI is InChI=1S/C16H17ClO5/c1-21-15(19)9-7-11(10-5-3-4-6-13(10)17)14(18)12(8-9)16(20)22-2/h3-6,9,11,18H,7-8H2,1-2H3. The summed E-state index contributed by atoms with van der Waals surface area (Å²) >= 11 is 6.18. The van der Waals surface area contributed by atoms with Crippen LogP contribution in [0, 0.1) is 5.92 Å². The molecule has 5 nitrogen and oxygen atoms in total. The highest BCUT2D eigenvalue weighted by Gasteiger charge is 2.38. The number of hydrogen-bond acceptors (Lipinski definition) is 5. The summed E-state index contributed by atoms with van der Waals surface area (Å²) in [5, 5.41) is 10.9. The first-order valence-corrected chi connectivity index (χ1v) is 7.20. The Kier molecular flexibility index (Phi) is 5.08. The van der Waals surface area contributed by atoms with Gasteiger partial charge in [-0.3, -0.25) is 4.79 Å². The zero-order valence-corrected chi connectivity index (χ0v) is 13.1. The van der Waals surface area contributed by atoms with Gasteiger partial charge in [0.05, 0.1) is 25.7 Å². The minimum absolute atomic E-state index is 0.0894. The van der Waals surface area contributed by atoms with Crippen molar-refractivity contribution in [2.24, 2.45) is 5.92 Å². The summed E-state index contributed by atoms with van der Waals surface area (Å²) in [4.78, 5) is 23.8. The minimum Gasteiger partial charge on any atom is -0.511 e. The monoisotopic (exact) mass is 324 g/mol. The van der Waals surface area contributed by atoms with E-state index in [0.717, 1.165) is 0 Å². The van der Waals surface area contributed by atoms with Crippen LogP contribution in [0.1, 0.15) is 24.3 Å². The third-order valence-electron chi connectivity index (χ3n) is 3.86. The van der Waals surface area contributed by atoms with Gasteiger partial charge in [0.2, 0.25) is 0 Å². The summed E-state index contributed by atoms with van der Waals surface area (Å²) < 4.78 is 9.47. The molecule has 0 amide bonds. The van der Waals surface area contributed by atoms with Crippen LogP contribution in [-0.4, -0.2) is 31.3 Å². The number of hydrogen-bond donors (Lipinski definition) is 1. The fourth-order valence-electron chi connectivity index (χ4n) is 2.73. The van der Waals surface area contributed by atoms with Crippen LogP contribution < -0.4 is 0 Å². The number of aliphatic hydroxyl groups is 1. The minimum atomic E-state index is -0.650. The first-order chi connectivity index (χ1) is 10.5. The number of aliphatic hydroxyl groups excluding tert-OH is 1. The molecule has 6 heteroatoms. The van der Waals surface area contributed by atoms with E-state index in [4.69, 9.17) is 21.1 Å². The van der Waals surface area contributed by atoms with Crippen molar-refractivity contribution in [1.82, 2.24) is 0 Å². The average Bonchev–Trinajstić information content (AvgIpc) is 2.54. The van der Waals surface area contributed by atoms with Gasteiger partial charge in [0.25, 0.3) is 0 Å². The second kappa shape index (κ2) is 6.83. The maximum Gasteiger partial charge on any atom is 0.337 e. The molecule has 1 N–H and O–H groups in total. The average molecular weight is 325 g/mol. The van der Waals surface area contributed by atoms with E-state index in [2.05, 4.69) is 0 Å². The van der Waals surface area contributed by atoms with Crippen molar-refractivity contribution < 1.29 is 24.2 Å². The van der Waals surface area contributed by atoms with Crippen molar-refractivity contribution in [3.05, 3.63) is 46.2 Å². The second-order valence-electron chi connectivity index (χ2n) is 5.09. The Bertz CT molecular complexity index is 623. The SMILES string of the molecule is COC(=O)C1=C(O)C(c2ccccc2Cl)CC(C(=O)OC)C1. The fraction of sp³-hybridized carbons (Fsp3) is 0.375. The Morgan fingerprint density at radius 2 is 1.91 bits per heavy atom. The van der Waals surface area contributed by atoms with Crippen LogP contribution in [0.5, 0.6) is 0 Å². The summed E-state index contributed by atoms with van der Waals surface area (Å²) in [6.07, 6.45) is 0.412. The molecule has 0 fully saturated rings. The molecule has 0 aromatic heterocycles. The molecule has 22 heavy (non-hydrogen) atoms. The lowest BCUT2D eigenvalue weighted by atomic mass is 9.77. The molecule has 1 aliphatic rings. The number of benzene rings is 1. The number of ether oxygens (including phenoxy) is 2. The predicted molar refractivity (Wildman–Crippen MR) is 80.6 cm³/mol. The first kappa shape index (κ1) is 16.4. The third kappa shape index (κ3) is 3.09. The molecule has 1 aromatic carbocycles. The molecule has 2 atom stereocenters.